The maximum Gasteiger partial charge on any atom is 0.317 e. The molecule has 0 spiro atoms. The molecule has 0 bridgehead atoms. The minimum atomic E-state index is -0.695. The fraction of sp³-hybridized carbons (Fsp3) is 0.955. The first kappa shape index (κ1) is 24.4. The molecule has 0 saturated carbocycles. The van der Waals surface area contributed by atoms with Crippen LogP contribution in [0.3, 0.4) is 0 Å². The van der Waals surface area contributed by atoms with E-state index in [4.69, 9.17) is 0 Å². The highest BCUT2D eigenvalue weighted by molar-refractivity contribution is 5.69. The minimum Gasteiger partial charge on any atom is -0.480 e. The van der Waals surface area contributed by atoms with Crippen LogP contribution in [0.4, 0.5) is 0 Å². The number of nitrogens with zero attached hydrogens (tertiary/aromatic N) is 1. The number of rotatable bonds is 16. The lowest BCUT2D eigenvalue weighted by Crippen LogP contribution is -2.33. The fourth-order valence-electron chi connectivity index (χ4n) is 3.30. The Morgan fingerprint density at radius 3 is 1.44 bits per heavy atom. The SMILES string of the molecule is CC(C)CCCC(C)CCN(CCC(C)CCCC(C)C)CC(=O)O. The number of aliphatic carboxylic acids is 1. The fourth-order valence-corrected chi connectivity index (χ4v) is 3.30. The highest BCUT2D eigenvalue weighted by Crippen LogP contribution is 2.18. The lowest BCUT2D eigenvalue weighted by Gasteiger charge is -2.24. The van der Waals surface area contributed by atoms with Crippen molar-refractivity contribution in [1.29, 1.82) is 0 Å². The van der Waals surface area contributed by atoms with Crippen LogP contribution >= 0.6 is 0 Å². The Hall–Kier alpha value is -0.570. The van der Waals surface area contributed by atoms with Crippen LogP contribution in [0.25, 0.3) is 0 Å². The first-order valence-corrected chi connectivity index (χ1v) is 10.6. The van der Waals surface area contributed by atoms with Gasteiger partial charge in [-0.2, -0.15) is 0 Å². The summed E-state index contributed by atoms with van der Waals surface area (Å²) < 4.78 is 0. The monoisotopic (exact) mass is 355 g/mol. The summed E-state index contributed by atoms with van der Waals surface area (Å²) in [5.74, 6) is 2.26. The van der Waals surface area contributed by atoms with E-state index >= 15 is 0 Å². The van der Waals surface area contributed by atoms with Gasteiger partial charge in [0, 0.05) is 0 Å². The maximum atomic E-state index is 11.2. The zero-order valence-corrected chi connectivity index (χ0v) is 17.9. The second-order valence-electron chi connectivity index (χ2n) is 9.11. The number of carbonyl (C=O) groups is 1. The summed E-state index contributed by atoms with van der Waals surface area (Å²) in [6.45, 7) is 15.8. The summed E-state index contributed by atoms with van der Waals surface area (Å²) in [5.41, 5.74) is 0. The van der Waals surface area contributed by atoms with Crippen LogP contribution in [-0.2, 0) is 4.79 Å². The number of carboxylic acid groups (broad SMARTS) is 1. The Morgan fingerprint density at radius 2 is 1.12 bits per heavy atom. The Kier molecular flexibility index (Phi) is 14.3. The molecule has 3 heteroatoms. The summed E-state index contributed by atoms with van der Waals surface area (Å²) in [7, 11) is 0. The predicted octanol–water partition coefficient (Wildman–Crippen LogP) is 6.08. The number of carboxylic acids is 1. The Balaban J connectivity index is 4.08. The molecule has 2 unspecified atom stereocenters. The number of hydrogen-bond donors (Lipinski definition) is 1. The van der Waals surface area contributed by atoms with E-state index in [9.17, 15) is 9.90 Å². The topological polar surface area (TPSA) is 40.5 Å². The highest BCUT2D eigenvalue weighted by Gasteiger charge is 2.13. The van der Waals surface area contributed by atoms with Crippen LogP contribution in [0.15, 0.2) is 0 Å². The normalized spacial score (nSPS) is 14.4. The van der Waals surface area contributed by atoms with Crippen LogP contribution in [0.1, 0.15) is 92.9 Å². The Labute approximate surface area is 157 Å². The summed E-state index contributed by atoms with van der Waals surface area (Å²) in [5, 5.41) is 9.18. The molecule has 150 valence electrons. The van der Waals surface area contributed by atoms with Crippen molar-refractivity contribution in [2.24, 2.45) is 23.7 Å². The van der Waals surface area contributed by atoms with E-state index in [1.54, 1.807) is 0 Å². The highest BCUT2D eigenvalue weighted by atomic mass is 16.4. The molecule has 2 atom stereocenters. The average Bonchev–Trinajstić information content (AvgIpc) is 2.48. The van der Waals surface area contributed by atoms with Gasteiger partial charge in [-0.3, -0.25) is 9.69 Å². The molecular formula is C22H45NO2. The zero-order chi connectivity index (χ0) is 19.2. The zero-order valence-electron chi connectivity index (χ0n) is 17.9. The van der Waals surface area contributed by atoms with Gasteiger partial charge in [0.25, 0.3) is 0 Å². The third kappa shape index (κ3) is 16.6. The largest absolute Gasteiger partial charge is 0.480 e. The van der Waals surface area contributed by atoms with Crippen molar-refractivity contribution < 1.29 is 9.90 Å². The second-order valence-corrected chi connectivity index (χ2v) is 9.11. The van der Waals surface area contributed by atoms with Gasteiger partial charge in [-0.1, -0.05) is 80.1 Å². The maximum absolute atomic E-state index is 11.2. The summed E-state index contributed by atoms with van der Waals surface area (Å²) in [4.78, 5) is 13.3. The molecule has 0 aromatic heterocycles. The Morgan fingerprint density at radius 1 is 0.720 bits per heavy atom. The summed E-state index contributed by atoms with van der Waals surface area (Å²) in [6, 6.07) is 0. The van der Waals surface area contributed by atoms with Crippen LogP contribution in [0.2, 0.25) is 0 Å². The number of hydrogen-bond acceptors (Lipinski definition) is 2. The van der Waals surface area contributed by atoms with E-state index in [0.717, 1.165) is 37.8 Å². The minimum absolute atomic E-state index is 0.192. The summed E-state index contributed by atoms with van der Waals surface area (Å²) >= 11 is 0. The van der Waals surface area contributed by atoms with Crippen molar-refractivity contribution in [3.63, 3.8) is 0 Å². The van der Waals surface area contributed by atoms with Gasteiger partial charge in [0.1, 0.15) is 0 Å². The second kappa shape index (κ2) is 14.6. The smallest absolute Gasteiger partial charge is 0.317 e. The van der Waals surface area contributed by atoms with E-state index in [1.807, 2.05) is 0 Å². The first-order chi connectivity index (χ1) is 11.7. The van der Waals surface area contributed by atoms with Gasteiger partial charge in [0.2, 0.25) is 0 Å². The van der Waals surface area contributed by atoms with Gasteiger partial charge in [-0.15, -0.1) is 0 Å². The van der Waals surface area contributed by atoms with Crippen LogP contribution in [0.5, 0.6) is 0 Å². The Bertz CT molecular complexity index is 304. The van der Waals surface area contributed by atoms with Gasteiger partial charge >= 0.3 is 5.97 Å². The van der Waals surface area contributed by atoms with Gasteiger partial charge in [-0.05, 0) is 49.6 Å². The molecule has 0 aliphatic rings. The van der Waals surface area contributed by atoms with Crippen molar-refractivity contribution in [2.75, 3.05) is 19.6 Å². The molecule has 0 radical (unpaired) electrons. The van der Waals surface area contributed by atoms with Crippen molar-refractivity contribution in [1.82, 2.24) is 4.90 Å². The molecule has 0 fully saturated rings. The quantitative estimate of drug-likeness (QED) is 0.365. The average molecular weight is 356 g/mol. The molecule has 1 N–H and O–H groups in total. The third-order valence-corrected chi connectivity index (χ3v) is 5.19. The van der Waals surface area contributed by atoms with Crippen molar-refractivity contribution in [2.45, 2.75) is 92.9 Å². The van der Waals surface area contributed by atoms with E-state index in [-0.39, 0.29) is 6.54 Å². The molecule has 0 amide bonds. The molecule has 25 heavy (non-hydrogen) atoms. The molecule has 0 rings (SSSR count). The van der Waals surface area contributed by atoms with Gasteiger partial charge < -0.3 is 5.11 Å². The third-order valence-electron chi connectivity index (χ3n) is 5.19. The molecule has 0 aromatic carbocycles. The van der Waals surface area contributed by atoms with Crippen molar-refractivity contribution in [3.05, 3.63) is 0 Å². The standard InChI is InChI=1S/C22H45NO2/c1-18(2)9-7-11-20(5)13-15-23(17-22(24)25)16-14-21(6)12-8-10-19(3)4/h18-21H,7-17H2,1-6H3,(H,24,25). The van der Waals surface area contributed by atoms with Gasteiger partial charge in [-0.25, -0.2) is 0 Å². The van der Waals surface area contributed by atoms with Crippen molar-refractivity contribution >= 4 is 5.97 Å². The molecule has 0 heterocycles. The predicted molar refractivity (Wildman–Crippen MR) is 109 cm³/mol. The first-order valence-electron chi connectivity index (χ1n) is 10.6. The molecule has 3 nitrogen and oxygen atoms in total. The van der Waals surface area contributed by atoms with E-state index in [0.29, 0.717) is 11.8 Å². The van der Waals surface area contributed by atoms with E-state index in [2.05, 4.69) is 46.4 Å². The van der Waals surface area contributed by atoms with Gasteiger partial charge in [0.15, 0.2) is 0 Å². The lowest BCUT2D eigenvalue weighted by atomic mass is 9.96. The molecule has 0 aromatic rings. The van der Waals surface area contributed by atoms with E-state index < -0.39 is 5.97 Å². The van der Waals surface area contributed by atoms with Crippen LogP contribution in [-0.4, -0.2) is 35.6 Å². The molecule has 0 aliphatic heterocycles. The van der Waals surface area contributed by atoms with Crippen LogP contribution in [0, 0.1) is 23.7 Å². The lowest BCUT2D eigenvalue weighted by molar-refractivity contribution is -0.138. The van der Waals surface area contributed by atoms with Crippen LogP contribution < -0.4 is 0 Å². The molecule has 0 aliphatic carbocycles. The molecule has 0 saturated heterocycles. The molecular weight excluding hydrogens is 310 g/mol. The summed E-state index contributed by atoms with van der Waals surface area (Å²) in [6.07, 6.45) is 9.97. The van der Waals surface area contributed by atoms with Gasteiger partial charge in [0.05, 0.1) is 6.54 Å². The van der Waals surface area contributed by atoms with Crippen molar-refractivity contribution in [3.8, 4) is 0 Å². The van der Waals surface area contributed by atoms with E-state index in [1.165, 1.54) is 38.5 Å².